The molecule has 1 aromatic carbocycles. The van der Waals surface area contributed by atoms with E-state index < -0.39 is 11.7 Å². The molecule has 2 aliphatic heterocycles. The van der Waals surface area contributed by atoms with Gasteiger partial charge in [0.25, 0.3) is 11.7 Å². The Hall–Kier alpha value is -1.10. The van der Waals surface area contributed by atoms with Crippen molar-refractivity contribution in [3.05, 3.63) is 27.7 Å². The number of hydrogen-bond donors (Lipinski definition) is 0. The molecule has 0 unspecified atom stereocenters. The molecule has 0 radical (unpaired) electrons. The molecule has 6 heteroatoms. The van der Waals surface area contributed by atoms with Gasteiger partial charge in [-0.2, -0.15) is 0 Å². The fourth-order valence-corrected chi connectivity index (χ4v) is 3.31. The van der Waals surface area contributed by atoms with Crippen LogP contribution >= 0.6 is 23.2 Å². The van der Waals surface area contributed by atoms with Crippen LogP contribution in [0.4, 0.5) is 5.69 Å². The summed E-state index contributed by atoms with van der Waals surface area (Å²) in [6.45, 7) is 3.32. The van der Waals surface area contributed by atoms with Gasteiger partial charge in [-0.05, 0) is 38.1 Å². The molecule has 1 amide bonds. The molecule has 2 aliphatic rings. The van der Waals surface area contributed by atoms with Gasteiger partial charge in [-0.3, -0.25) is 9.59 Å². The van der Waals surface area contributed by atoms with E-state index in [0.29, 0.717) is 17.3 Å². The number of carbonyl (C=O) groups excluding carboxylic acids is 2. The van der Waals surface area contributed by atoms with Crippen LogP contribution in [0.1, 0.15) is 23.2 Å². The summed E-state index contributed by atoms with van der Waals surface area (Å²) < 4.78 is 0. The molecule has 2 heterocycles. The normalized spacial score (nSPS) is 19.0. The van der Waals surface area contributed by atoms with E-state index in [0.717, 1.165) is 19.6 Å². The molecule has 1 fully saturated rings. The molecule has 1 aromatic rings. The fourth-order valence-electron chi connectivity index (χ4n) is 2.81. The Bertz CT molecular complexity index is 583. The lowest BCUT2D eigenvalue weighted by atomic mass is 10.1. The number of halogens is 2. The van der Waals surface area contributed by atoms with E-state index in [2.05, 4.69) is 4.90 Å². The molecule has 0 N–H and O–H groups in total. The third-order valence-corrected chi connectivity index (χ3v) is 4.47. The minimum atomic E-state index is -0.561. The Morgan fingerprint density at radius 3 is 2.35 bits per heavy atom. The number of likely N-dealkylation sites (tertiary alicyclic amines) is 1. The molecule has 20 heavy (non-hydrogen) atoms. The highest BCUT2D eigenvalue weighted by molar-refractivity contribution is 6.56. The van der Waals surface area contributed by atoms with Crippen molar-refractivity contribution in [1.29, 1.82) is 0 Å². The minimum Gasteiger partial charge on any atom is -0.302 e. The molecule has 0 atom stereocenters. The Labute approximate surface area is 127 Å². The molecular weight excluding hydrogens is 299 g/mol. The Morgan fingerprint density at radius 1 is 1.00 bits per heavy atom. The van der Waals surface area contributed by atoms with Gasteiger partial charge in [0, 0.05) is 13.1 Å². The lowest BCUT2D eigenvalue weighted by Crippen LogP contribution is -2.37. The molecule has 0 bridgehead atoms. The SMILES string of the molecule is O=C1C(=O)N(CCN2CCCC2)c2c(Cl)ccc(Cl)c21. The molecule has 0 spiro atoms. The van der Waals surface area contributed by atoms with Crippen molar-refractivity contribution in [2.45, 2.75) is 12.8 Å². The number of carbonyl (C=O) groups is 2. The summed E-state index contributed by atoms with van der Waals surface area (Å²) in [5.74, 6) is -1.09. The van der Waals surface area contributed by atoms with Crippen molar-refractivity contribution in [2.75, 3.05) is 31.1 Å². The van der Waals surface area contributed by atoms with E-state index in [1.54, 1.807) is 12.1 Å². The highest BCUT2D eigenvalue weighted by atomic mass is 35.5. The summed E-state index contributed by atoms with van der Waals surface area (Å²) in [5.41, 5.74) is 0.707. The van der Waals surface area contributed by atoms with Gasteiger partial charge in [0.05, 0.1) is 21.3 Å². The van der Waals surface area contributed by atoms with E-state index in [1.165, 1.54) is 17.7 Å². The topological polar surface area (TPSA) is 40.6 Å². The van der Waals surface area contributed by atoms with Gasteiger partial charge in [0.1, 0.15) is 0 Å². The van der Waals surface area contributed by atoms with Gasteiger partial charge < -0.3 is 9.80 Å². The maximum Gasteiger partial charge on any atom is 0.299 e. The van der Waals surface area contributed by atoms with Crippen LogP contribution in [0.3, 0.4) is 0 Å². The molecular formula is C14H14Cl2N2O2. The van der Waals surface area contributed by atoms with Crippen LogP contribution in [0.2, 0.25) is 10.0 Å². The van der Waals surface area contributed by atoms with Crippen LogP contribution in [-0.4, -0.2) is 42.8 Å². The largest absolute Gasteiger partial charge is 0.302 e. The van der Waals surface area contributed by atoms with Gasteiger partial charge in [0.2, 0.25) is 0 Å². The van der Waals surface area contributed by atoms with Crippen molar-refractivity contribution in [1.82, 2.24) is 4.90 Å². The van der Waals surface area contributed by atoms with Crippen LogP contribution in [0.15, 0.2) is 12.1 Å². The number of nitrogens with zero attached hydrogens (tertiary/aromatic N) is 2. The smallest absolute Gasteiger partial charge is 0.299 e. The van der Waals surface area contributed by atoms with E-state index >= 15 is 0 Å². The number of anilines is 1. The molecule has 0 aromatic heterocycles. The monoisotopic (exact) mass is 312 g/mol. The van der Waals surface area contributed by atoms with Gasteiger partial charge in [-0.25, -0.2) is 0 Å². The van der Waals surface area contributed by atoms with Crippen molar-refractivity contribution < 1.29 is 9.59 Å². The lowest BCUT2D eigenvalue weighted by Gasteiger charge is -2.21. The summed E-state index contributed by atoms with van der Waals surface area (Å²) in [7, 11) is 0. The van der Waals surface area contributed by atoms with Crippen molar-refractivity contribution in [3.8, 4) is 0 Å². The van der Waals surface area contributed by atoms with Crippen LogP contribution in [0.5, 0.6) is 0 Å². The third-order valence-electron chi connectivity index (χ3n) is 3.85. The first kappa shape index (κ1) is 13.9. The second-order valence-electron chi connectivity index (χ2n) is 5.09. The highest BCUT2D eigenvalue weighted by Gasteiger charge is 2.39. The second kappa shape index (κ2) is 5.35. The maximum atomic E-state index is 12.1. The van der Waals surface area contributed by atoms with Crippen LogP contribution in [0, 0.1) is 0 Å². The van der Waals surface area contributed by atoms with Gasteiger partial charge in [0.15, 0.2) is 0 Å². The van der Waals surface area contributed by atoms with Crippen molar-refractivity contribution >= 4 is 40.6 Å². The average Bonchev–Trinajstić information content (AvgIpc) is 3.02. The summed E-state index contributed by atoms with van der Waals surface area (Å²) in [6, 6.07) is 3.18. The van der Waals surface area contributed by atoms with Gasteiger partial charge in [-0.15, -0.1) is 0 Å². The number of ketones is 1. The maximum absolute atomic E-state index is 12.1. The first-order valence-electron chi connectivity index (χ1n) is 6.66. The first-order valence-corrected chi connectivity index (χ1v) is 7.41. The predicted molar refractivity (Wildman–Crippen MR) is 78.8 cm³/mol. The molecule has 0 aliphatic carbocycles. The Kier molecular flexibility index (Phi) is 3.71. The molecule has 0 saturated carbocycles. The number of hydrogen-bond acceptors (Lipinski definition) is 3. The minimum absolute atomic E-state index is 0.241. The van der Waals surface area contributed by atoms with E-state index in [4.69, 9.17) is 23.2 Å². The zero-order valence-electron chi connectivity index (χ0n) is 10.9. The number of rotatable bonds is 3. The zero-order valence-corrected chi connectivity index (χ0v) is 12.4. The quantitative estimate of drug-likeness (QED) is 0.806. The molecule has 1 saturated heterocycles. The number of fused-ring (bicyclic) bond motifs is 1. The average molecular weight is 313 g/mol. The number of Topliss-reactive ketones (excluding diaryl/α,β-unsaturated/α-hetero) is 1. The number of amides is 1. The van der Waals surface area contributed by atoms with Gasteiger partial charge >= 0.3 is 0 Å². The second-order valence-corrected chi connectivity index (χ2v) is 5.90. The zero-order chi connectivity index (χ0) is 14.3. The van der Waals surface area contributed by atoms with E-state index in [9.17, 15) is 9.59 Å². The van der Waals surface area contributed by atoms with Crippen LogP contribution < -0.4 is 4.90 Å². The van der Waals surface area contributed by atoms with Gasteiger partial charge in [-0.1, -0.05) is 23.2 Å². The van der Waals surface area contributed by atoms with Crippen molar-refractivity contribution in [3.63, 3.8) is 0 Å². The standard InChI is InChI=1S/C14H14Cl2N2O2/c15-9-3-4-10(16)12-11(9)13(19)14(20)18(12)8-7-17-5-1-2-6-17/h3-4H,1-2,5-8H2. The van der Waals surface area contributed by atoms with Crippen LogP contribution in [0.25, 0.3) is 0 Å². The predicted octanol–water partition coefficient (Wildman–Crippen LogP) is 2.62. The van der Waals surface area contributed by atoms with Crippen molar-refractivity contribution in [2.24, 2.45) is 0 Å². The first-order chi connectivity index (χ1) is 9.59. The Morgan fingerprint density at radius 2 is 1.65 bits per heavy atom. The summed E-state index contributed by atoms with van der Waals surface area (Å²) in [6.07, 6.45) is 2.38. The van der Waals surface area contributed by atoms with Crippen LogP contribution in [-0.2, 0) is 4.79 Å². The molecule has 3 rings (SSSR count). The Balaban J connectivity index is 1.87. The summed E-state index contributed by atoms with van der Waals surface area (Å²) >= 11 is 12.2. The fraction of sp³-hybridized carbons (Fsp3) is 0.429. The number of benzene rings is 1. The summed E-state index contributed by atoms with van der Waals surface area (Å²) in [5, 5.41) is 0.677. The van der Waals surface area contributed by atoms with E-state index in [1.807, 2.05) is 0 Å². The lowest BCUT2D eigenvalue weighted by molar-refractivity contribution is -0.114. The summed E-state index contributed by atoms with van der Waals surface area (Å²) in [4.78, 5) is 27.9. The highest BCUT2D eigenvalue weighted by Crippen LogP contribution is 2.39. The molecule has 106 valence electrons. The van der Waals surface area contributed by atoms with E-state index in [-0.39, 0.29) is 10.6 Å². The molecule has 4 nitrogen and oxygen atoms in total. The third kappa shape index (κ3) is 2.22.